The number of hydrogen-bond donors (Lipinski definition) is 2. The van der Waals surface area contributed by atoms with Crippen molar-refractivity contribution < 1.29 is 0 Å². The second kappa shape index (κ2) is 5.66. The Hall–Kier alpha value is -1.82. The highest BCUT2D eigenvalue weighted by Gasteiger charge is 2.15. The van der Waals surface area contributed by atoms with Crippen molar-refractivity contribution in [2.75, 3.05) is 0 Å². The van der Waals surface area contributed by atoms with E-state index in [9.17, 15) is 0 Å². The van der Waals surface area contributed by atoms with Gasteiger partial charge in [-0.3, -0.25) is 16.3 Å². The molecule has 1 atom stereocenters. The van der Waals surface area contributed by atoms with Gasteiger partial charge in [0.25, 0.3) is 0 Å². The minimum Gasteiger partial charge on any atom is -0.271 e. The van der Waals surface area contributed by atoms with Gasteiger partial charge in [-0.15, -0.1) is 11.3 Å². The third kappa shape index (κ3) is 2.56. The smallest absolute Gasteiger partial charge is 0.0958 e. The monoisotopic (exact) mass is 284 g/mol. The van der Waals surface area contributed by atoms with E-state index in [4.69, 9.17) is 5.84 Å². The Kier molecular flexibility index (Phi) is 3.73. The van der Waals surface area contributed by atoms with Crippen molar-refractivity contribution in [2.45, 2.75) is 19.4 Å². The molecule has 0 bridgehead atoms. The lowest BCUT2D eigenvalue weighted by Gasteiger charge is -2.16. The van der Waals surface area contributed by atoms with Crippen molar-refractivity contribution >= 4 is 21.6 Å². The summed E-state index contributed by atoms with van der Waals surface area (Å²) in [6.45, 7) is 2.07. The molecular weight excluding hydrogens is 268 g/mol. The van der Waals surface area contributed by atoms with Gasteiger partial charge in [-0.2, -0.15) is 0 Å². The van der Waals surface area contributed by atoms with Crippen LogP contribution in [-0.4, -0.2) is 9.97 Å². The van der Waals surface area contributed by atoms with Crippen molar-refractivity contribution in [3.8, 4) is 0 Å². The second-order valence-corrected chi connectivity index (χ2v) is 5.85. The minimum absolute atomic E-state index is 0.0317. The Morgan fingerprint density at radius 2 is 2.15 bits per heavy atom. The van der Waals surface area contributed by atoms with Crippen molar-refractivity contribution in [1.82, 2.24) is 15.4 Å². The molecule has 3 rings (SSSR count). The molecule has 0 saturated heterocycles. The molecule has 3 aromatic rings. The van der Waals surface area contributed by atoms with Crippen LogP contribution < -0.4 is 11.3 Å². The number of nitrogens with zero attached hydrogens (tertiary/aromatic N) is 2. The summed E-state index contributed by atoms with van der Waals surface area (Å²) < 4.78 is 1.21. The van der Waals surface area contributed by atoms with Crippen LogP contribution in [0.1, 0.15) is 22.2 Å². The fourth-order valence-corrected chi connectivity index (χ4v) is 3.29. The quantitative estimate of drug-likeness (QED) is 0.571. The third-order valence-corrected chi connectivity index (χ3v) is 4.43. The van der Waals surface area contributed by atoms with Gasteiger partial charge >= 0.3 is 0 Å². The van der Waals surface area contributed by atoms with Gasteiger partial charge in [0.05, 0.1) is 21.3 Å². The van der Waals surface area contributed by atoms with Crippen molar-refractivity contribution in [1.29, 1.82) is 0 Å². The lowest BCUT2D eigenvalue weighted by molar-refractivity contribution is 0.547. The molecule has 2 heterocycles. The number of hydrazine groups is 1. The maximum absolute atomic E-state index is 5.71. The molecule has 1 unspecified atom stereocenters. The van der Waals surface area contributed by atoms with Crippen LogP contribution in [0, 0.1) is 6.92 Å². The highest BCUT2D eigenvalue weighted by molar-refractivity contribution is 7.18. The summed E-state index contributed by atoms with van der Waals surface area (Å²) in [5.74, 6) is 5.71. The van der Waals surface area contributed by atoms with E-state index >= 15 is 0 Å². The molecule has 0 amide bonds. The molecule has 102 valence electrons. The van der Waals surface area contributed by atoms with Gasteiger partial charge < -0.3 is 0 Å². The van der Waals surface area contributed by atoms with Gasteiger partial charge in [0.1, 0.15) is 0 Å². The molecule has 0 spiro atoms. The average Bonchev–Trinajstić information content (AvgIpc) is 2.88. The van der Waals surface area contributed by atoms with Gasteiger partial charge in [0.15, 0.2) is 0 Å². The zero-order valence-corrected chi connectivity index (χ0v) is 12.0. The molecule has 0 aliphatic rings. The van der Waals surface area contributed by atoms with E-state index in [0.29, 0.717) is 0 Å². The number of aryl methyl sites for hydroxylation is 1. The fourth-order valence-electron chi connectivity index (χ4n) is 2.28. The van der Waals surface area contributed by atoms with Crippen LogP contribution in [0.4, 0.5) is 0 Å². The highest BCUT2D eigenvalue weighted by atomic mass is 32.1. The number of hydrogen-bond acceptors (Lipinski definition) is 5. The van der Waals surface area contributed by atoms with E-state index in [1.54, 1.807) is 17.5 Å². The number of nitrogens with two attached hydrogens (primary N) is 1. The maximum atomic E-state index is 5.71. The summed E-state index contributed by atoms with van der Waals surface area (Å²) in [6.07, 6.45) is 4.43. The van der Waals surface area contributed by atoms with Crippen LogP contribution in [0.2, 0.25) is 0 Å². The van der Waals surface area contributed by atoms with Gasteiger partial charge in [0, 0.05) is 18.8 Å². The fraction of sp³-hybridized carbons (Fsp3) is 0.200. The number of pyridine rings is 1. The maximum Gasteiger partial charge on any atom is 0.0958 e. The topological polar surface area (TPSA) is 63.8 Å². The first-order valence-corrected chi connectivity index (χ1v) is 7.30. The normalized spacial score (nSPS) is 12.7. The molecule has 3 N–H and O–H groups in total. The number of aromatic nitrogens is 2. The Morgan fingerprint density at radius 1 is 1.30 bits per heavy atom. The minimum atomic E-state index is 0.0317. The van der Waals surface area contributed by atoms with Gasteiger partial charge in [-0.25, -0.2) is 4.98 Å². The van der Waals surface area contributed by atoms with E-state index in [0.717, 1.165) is 22.5 Å². The Balaban J connectivity index is 1.90. The summed E-state index contributed by atoms with van der Waals surface area (Å²) in [6, 6.07) is 10.2. The number of rotatable bonds is 4. The first kappa shape index (κ1) is 13.2. The van der Waals surface area contributed by atoms with E-state index in [1.165, 1.54) is 10.3 Å². The number of benzene rings is 1. The molecular formula is C15H16N4S. The summed E-state index contributed by atoms with van der Waals surface area (Å²) in [5.41, 5.74) is 6.23. The van der Waals surface area contributed by atoms with Crippen molar-refractivity contribution in [3.63, 3.8) is 0 Å². The molecule has 1 aromatic carbocycles. The largest absolute Gasteiger partial charge is 0.271 e. The van der Waals surface area contributed by atoms with E-state index < -0.39 is 0 Å². The van der Waals surface area contributed by atoms with Gasteiger partial charge in [0.2, 0.25) is 0 Å². The zero-order valence-electron chi connectivity index (χ0n) is 11.2. The number of para-hydroxylation sites is 1. The first-order chi connectivity index (χ1) is 9.78. The van der Waals surface area contributed by atoms with E-state index in [2.05, 4.69) is 28.4 Å². The standard InChI is InChI=1S/C15H16N4S/c1-10-6-7-17-9-11(10)13(19-16)8-15-18-12-4-2-3-5-14(12)20-15/h2-7,9,13,19H,8,16H2,1H3. The Labute approximate surface area is 121 Å². The molecule has 5 heteroatoms. The molecule has 4 nitrogen and oxygen atoms in total. The Bertz CT molecular complexity index is 689. The van der Waals surface area contributed by atoms with Crippen LogP contribution in [-0.2, 0) is 6.42 Å². The first-order valence-electron chi connectivity index (χ1n) is 6.49. The van der Waals surface area contributed by atoms with Crippen LogP contribution in [0.15, 0.2) is 42.7 Å². The summed E-state index contributed by atoms with van der Waals surface area (Å²) in [7, 11) is 0. The summed E-state index contributed by atoms with van der Waals surface area (Å²) in [5, 5.41) is 1.08. The SMILES string of the molecule is Cc1ccncc1C(Cc1nc2ccccc2s1)NN. The lowest BCUT2D eigenvalue weighted by Crippen LogP contribution is -2.30. The zero-order chi connectivity index (χ0) is 13.9. The van der Waals surface area contributed by atoms with Gasteiger partial charge in [-0.1, -0.05) is 12.1 Å². The molecule has 0 radical (unpaired) electrons. The Morgan fingerprint density at radius 3 is 2.90 bits per heavy atom. The van der Waals surface area contributed by atoms with Crippen LogP contribution >= 0.6 is 11.3 Å². The molecule has 0 saturated carbocycles. The average molecular weight is 284 g/mol. The van der Waals surface area contributed by atoms with E-state index in [1.807, 2.05) is 30.5 Å². The second-order valence-electron chi connectivity index (χ2n) is 4.73. The molecule has 0 aliphatic carbocycles. The third-order valence-electron chi connectivity index (χ3n) is 3.37. The molecule has 0 aliphatic heterocycles. The molecule has 0 fully saturated rings. The summed E-state index contributed by atoms with van der Waals surface area (Å²) >= 11 is 1.71. The van der Waals surface area contributed by atoms with Crippen molar-refractivity contribution in [2.24, 2.45) is 5.84 Å². The molecule has 20 heavy (non-hydrogen) atoms. The predicted molar refractivity (Wildman–Crippen MR) is 82.4 cm³/mol. The highest BCUT2D eigenvalue weighted by Crippen LogP contribution is 2.26. The molecule has 2 aromatic heterocycles. The van der Waals surface area contributed by atoms with Crippen LogP contribution in [0.3, 0.4) is 0 Å². The predicted octanol–water partition coefficient (Wildman–Crippen LogP) is 2.75. The number of fused-ring (bicyclic) bond motifs is 1. The number of thiazole rings is 1. The van der Waals surface area contributed by atoms with E-state index in [-0.39, 0.29) is 6.04 Å². The summed E-state index contributed by atoms with van der Waals surface area (Å²) in [4.78, 5) is 8.84. The van der Waals surface area contributed by atoms with Gasteiger partial charge in [-0.05, 0) is 36.2 Å². The number of nitrogens with one attached hydrogen (secondary N) is 1. The van der Waals surface area contributed by atoms with Crippen LogP contribution in [0.5, 0.6) is 0 Å². The van der Waals surface area contributed by atoms with Crippen molar-refractivity contribution in [3.05, 3.63) is 58.9 Å². The van der Waals surface area contributed by atoms with Crippen LogP contribution in [0.25, 0.3) is 10.2 Å². The lowest BCUT2D eigenvalue weighted by atomic mass is 10.0.